The van der Waals surface area contributed by atoms with Crippen molar-refractivity contribution in [3.05, 3.63) is 95.9 Å². The van der Waals surface area contributed by atoms with Gasteiger partial charge in [-0.2, -0.15) is 0 Å². The van der Waals surface area contributed by atoms with E-state index in [1.165, 1.54) is 0 Å². The summed E-state index contributed by atoms with van der Waals surface area (Å²) in [7, 11) is 0. The lowest BCUT2D eigenvalue weighted by atomic mass is 10.0. The van der Waals surface area contributed by atoms with Crippen LogP contribution in [-0.2, 0) is 11.3 Å². The van der Waals surface area contributed by atoms with E-state index in [1.807, 2.05) is 72.8 Å². The molecule has 0 fully saturated rings. The third-order valence-corrected chi connectivity index (χ3v) is 3.44. The molecular formula is C20H17NO2. The molecule has 3 nitrogen and oxygen atoms in total. The fourth-order valence-electron chi connectivity index (χ4n) is 2.29. The number of amides is 1. The minimum Gasteiger partial charge on any atom is -0.467 e. The van der Waals surface area contributed by atoms with Crippen molar-refractivity contribution in [3.63, 3.8) is 0 Å². The van der Waals surface area contributed by atoms with E-state index in [0.717, 1.165) is 16.9 Å². The molecule has 0 spiro atoms. The molecule has 0 bridgehead atoms. The van der Waals surface area contributed by atoms with Crippen molar-refractivity contribution >= 4 is 17.6 Å². The zero-order chi connectivity index (χ0) is 15.9. The zero-order valence-electron chi connectivity index (χ0n) is 12.6. The van der Waals surface area contributed by atoms with Gasteiger partial charge in [0.25, 0.3) is 5.91 Å². The molecule has 0 saturated heterocycles. The van der Waals surface area contributed by atoms with Crippen LogP contribution in [-0.4, -0.2) is 5.91 Å². The molecule has 1 amide bonds. The summed E-state index contributed by atoms with van der Waals surface area (Å²) in [6.45, 7) is 0.366. The molecule has 0 atom stereocenters. The Labute approximate surface area is 135 Å². The third kappa shape index (κ3) is 3.98. The van der Waals surface area contributed by atoms with E-state index in [9.17, 15) is 4.79 Å². The number of nitrogens with one attached hydrogen (secondary N) is 1. The average molecular weight is 303 g/mol. The SMILES string of the molecule is O=C(NCc1ccco1)/C(=C/c1ccccc1)c1ccccc1. The molecule has 0 aliphatic carbocycles. The van der Waals surface area contributed by atoms with Gasteiger partial charge in [-0.05, 0) is 29.3 Å². The van der Waals surface area contributed by atoms with Crippen LogP contribution in [0, 0.1) is 0 Å². The maximum absolute atomic E-state index is 12.6. The molecule has 3 heteroatoms. The van der Waals surface area contributed by atoms with Gasteiger partial charge in [0.2, 0.25) is 0 Å². The third-order valence-electron chi connectivity index (χ3n) is 3.44. The first-order chi connectivity index (χ1) is 11.3. The lowest BCUT2D eigenvalue weighted by Crippen LogP contribution is -2.23. The van der Waals surface area contributed by atoms with E-state index in [0.29, 0.717) is 12.1 Å². The minimum atomic E-state index is -0.128. The smallest absolute Gasteiger partial charge is 0.252 e. The van der Waals surface area contributed by atoms with Crippen LogP contribution in [0.2, 0.25) is 0 Å². The number of rotatable bonds is 5. The van der Waals surface area contributed by atoms with Crippen LogP contribution in [0.15, 0.2) is 83.5 Å². The average Bonchev–Trinajstić information content (AvgIpc) is 3.13. The van der Waals surface area contributed by atoms with Crippen molar-refractivity contribution in [2.24, 2.45) is 0 Å². The van der Waals surface area contributed by atoms with Gasteiger partial charge in [-0.3, -0.25) is 4.79 Å². The van der Waals surface area contributed by atoms with Crippen molar-refractivity contribution in [1.82, 2.24) is 5.32 Å². The molecule has 1 heterocycles. The van der Waals surface area contributed by atoms with Crippen molar-refractivity contribution in [2.75, 3.05) is 0 Å². The summed E-state index contributed by atoms with van der Waals surface area (Å²) in [5, 5.41) is 2.90. The topological polar surface area (TPSA) is 42.2 Å². The normalized spacial score (nSPS) is 11.2. The summed E-state index contributed by atoms with van der Waals surface area (Å²) >= 11 is 0. The lowest BCUT2D eigenvalue weighted by molar-refractivity contribution is -0.115. The molecule has 23 heavy (non-hydrogen) atoms. The predicted octanol–water partition coefficient (Wildman–Crippen LogP) is 4.14. The molecule has 0 saturated carbocycles. The second-order valence-electron chi connectivity index (χ2n) is 5.10. The monoisotopic (exact) mass is 303 g/mol. The molecule has 0 radical (unpaired) electrons. The van der Waals surface area contributed by atoms with Crippen molar-refractivity contribution < 1.29 is 9.21 Å². The van der Waals surface area contributed by atoms with E-state index in [1.54, 1.807) is 12.3 Å². The number of hydrogen-bond donors (Lipinski definition) is 1. The summed E-state index contributed by atoms with van der Waals surface area (Å²) in [5.74, 6) is 0.599. The highest BCUT2D eigenvalue weighted by Crippen LogP contribution is 2.18. The van der Waals surface area contributed by atoms with E-state index >= 15 is 0 Å². The molecule has 114 valence electrons. The van der Waals surface area contributed by atoms with E-state index < -0.39 is 0 Å². The highest BCUT2D eigenvalue weighted by molar-refractivity contribution is 6.24. The second kappa shape index (κ2) is 7.27. The molecule has 2 aromatic carbocycles. The van der Waals surface area contributed by atoms with Crippen LogP contribution in [0.3, 0.4) is 0 Å². The van der Waals surface area contributed by atoms with Crippen LogP contribution in [0.4, 0.5) is 0 Å². The molecule has 3 rings (SSSR count). The highest BCUT2D eigenvalue weighted by atomic mass is 16.3. The summed E-state index contributed by atoms with van der Waals surface area (Å²) in [5.41, 5.74) is 2.50. The van der Waals surface area contributed by atoms with Crippen molar-refractivity contribution in [1.29, 1.82) is 0 Å². The van der Waals surface area contributed by atoms with Crippen molar-refractivity contribution in [3.8, 4) is 0 Å². The fourth-order valence-corrected chi connectivity index (χ4v) is 2.29. The Kier molecular flexibility index (Phi) is 4.69. The van der Waals surface area contributed by atoms with Crippen molar-refractivity contribution in [2.45, 2.75) is 6.54 Å². The van der Waals surface area contributed by atoms with E-state index in [2.05, 4.69) is 5.32 Å². The van der Waals surface area contributed by atoms with Gasteiger partial charge in [-0.1, -0.05) is 60.7 Å². The predicted molar refractivity (Wildman–Crippen MR) is 91.3 cm³/mol. The number of hydrogen-bond acceptors (Lipinski definition) is 2. The fraction of sp³-hybridized carbons (Fsp3) is 0.0500. The minimum absolute atomic E-state index is 0.128. The first kappa shape index (κ1) is 14.9. The summed E-state index contributed by atoms with van der Waals surface area (Å²) in [6.07, 6.45) is 3.49. The molecule has 3 aromatic rings. The Morgan fingerprint density at radius 3 is 2.26 bits per heavy atom. The molecule has 1 aromatic heterocycles. The zero-order valence-corrected chi connectivity index (χ0v) is 12.6. The van der Waals surface area contributed by atoms with Crippen LogP contribution in [0.1, 0.15) is 16.9 Å². The summed E-state index contributed by atoms with van der Waals surface area (Å²) in [4.78, 5) is 12.6. The Bertz CT molecular complexity index is 775. The first-order valence-electron chi connectivity index (χ1n) is 7.46. The van der Waals surface area contributed by atoms with Gasteiger partial charge in [-0.25, -0.2) is 0 Å². The number of furan rings is 1. The van der Waals surface area contributed by atoms with Gasteiger partial charge >= 0.3 is 0 Å². The molecule has 1 N–H and O–H groups in total. The Hall–Kier alpha value is -3.07. The van der Waals surface area contributed by atoms with Gasteiger partial charge in [0.15, 0.2) is 0 Å². The standard InChI is InChI=1S/C20H17NO2/c22-20(21-15-18-12-7-13-23-18)19(17-10-5-2-6-11-17)14-16-8-3-1-4-9-16/h1-14H,15H2,(H,21,22)/b19-14+. The first-order valence-corrected chi connectivity index (χ1v) is 7.46. The van der Waals surface area contributed by atoms with Gasteiger partial charge in [-0.15, -0.1) is 0 Å². The maximum Gasteiger partial charge on any atom is 0.252 e. The summed E-state index contributed by atoms with van der Waals surface area (Å²) < 4.78 is 5.25. The molecule has 0 unspecified atom stereocenters. The van der Waals surface area contributed by atoms with Crippen LogP contribution in [0.5, 0.6) is 0 Å². The Balaban J connectivity index is 1.86. The van der Waals surface area contributed by atoms with Gasteiger partial charge in [0.05, 0.1) is 12.8 Å². The largest absolute Gasteiger partial charge is 0.467 e. The second-order valence-corrected chi connectivity index (χ2v) is 5.10. The van der Waals surface area contributed by atoms with Gasteiger partial charge in [0.1, 0.15) is 5.76 Å². The van der Waals surface area contributed by atoms with Gasteiger partial charge < -0.3 is 9.73 Å². The van der Waals surface area contributed by atoms with E-state index in [4.69, 9.17) is 4.42 Å². The van der Waals surface area contributed by atoms with Crippen LogP contribution in [0.25, 0.3) is 11.6 Å². The quantitative estimate of drug-likeness (QED) is 0.568. The Morgan fingerprint density at radius 1 is 0.913 bits per heavy atom. The molecule has 0 aliphatic heterocycles. The van der Waals surface area contributed by atoms with Gasteiger partial charge in [0, 0.05) is 5.57 Å². The van der Waals surface area contributed by atoms with Crippen LogP contribution >= 0.6 is 0 Å². The maximum atomic E-state index is 12.6. The molecule has 0 aliphatic rings. The van der Waals surface area contributed by atoms with Crippen LogP contribution < -0.4 is 5.32 Å². The number of carbonyl (C=O) groups is 1. The van der Waals surface area contributed by atoms with E-state index in [-0.39, 0.29) is 5.91 Å². The number of carbonyl (C=O) groups excluding carboxylic acids is 1. The molecular weight excluding hydrogens is 286 g/mol. The Morgan fingerprint density at radius 2 is 1.61 bits per heavy atom. The highest BCUT2D eigenvalue weighted by Gasteiger charge is 2.12. The lowest BCUT2D eigenvalue weighted by Gasteiger charge is -2.09. The number of benzene rings is 2. The summed E-state index contributed by atoms with van der Waals surface area (Å²) in [6, 6.07) is 23.1.